The van der Waals surface area contributed by atoms with Crippen molar-refractivity contribution in [2.75, 3.05) is 26.4 Å². The Hall–Kier alpha value is -5.76. The Morgan fingerprint density at radius 2 is 0.517 bits per heavy atom. The average Bonchev–Trinajstić information content (AvgIpc) is 3.23. The van der Waals surface area contributed by atoms with Crippen molar-refractivity contribution in [2.45, 2.75) is 79.1 Å². The first-order valence-corrected chi connectivity index (χ1v) is 20.4. The van der Waals surface area contributed by atoms with Gasteiger partial charge in [0.1, 0.15) is 0 Å². The molecular formula is C50H56O8. The molecule has 0 fully saturated rings. The highest BCUT2D eigenvalue weighted by Gasteiger charge is 2.50. The molecule has 0 amide bonds. The minimum atomic E-state index is -1.54. The summed E-state index contributed by atoms with van der Waals surface area (Å²) in [7, 11) is 0. The molecule has 0 radical (unpaired) electrons. The van der Waals surface area contributed by atoms with Crippen molar-refractivity contribution >= 4 is 23.9 Å². The molecule has 0 spiro atoms. The average molecular weight is 785 g/mol. The van der Waals surface area contributed by atoms with E-state index in [1.807, 2.05) is 97.1 Å². The van der Waals surface area contributed by atoms with Crippen molar-refractivity contribution in [1.82, 2.24) is 0 Å². The fourth-order valence-electron chi connectivity index (χ4n) is 7.39. The molecule has 0 saturated heterocycles. The van der Waals surface area contributed by atoms with Gasteiger partial charge in [0.15, 0.2) is 10.8 Å². The van der Waals surface area contributed by atoms with E-state index in [4.69, 9.17) is 18.9 Å². The predicted octanol–water partition coefficient (Wildman–Crippen LogP) is 8.48. The van der Waals surface area contributed by atoms with Crippen molar-refractivity contribution in [3.8, 4) is 0 Å². The van der Waals surface area contributed by atoms with Crippen LogP contribution >= 0.6 is 0 Å². The Morgan fingerprint density at radius 3 is 0.690 bits per heavy atom. The number of benzene rings is 4. The zero-order valence-corrected chi connectivity index (χ0v) is 34.3. The largest absolute Gasteiger partial charge is 0.465 e. The highest BCUT2D eigenvalue weighted by atomic mass is 16.6. The van der Waals surface area contributed by atoms with Crippen LogP contribution in [0.5, 0.6) is 0 Å². The Labute approximate surface area is 343 Å². The Balaban J connectivity index is 1.48. The van der Waals surface area contributed by atoms with Gasteiger partial charge in [-0.2, -0.15) is 0 Å². The van der Waals surface area contributed by atoms with E-state index in [-0.39, 0.29) is 52.1 Å². The minimum Gasteiger partial charge on any atom is -0.465 e. The molecule has 58 heavy (non-hydrogen) atoms. The van der Waals surface area contributed by atoms with Crippen molar-refractivity contribution in [1.29, 1.82) is 0 Å². The van der Waals surface area contributed by atoms with E-state index in [2.05, 4.69) is 24.3 Å². The van der Waals surface area contributed by atoms with Crippen LogP contribution in [-0.2, 0) is 89.5 Å². The molecule has 11 rings (SSSR count). The van der Waals surface area contributed by atoms with Gasteiger partial charge in [0, 0.05) is 0 Å². The Morgan fingerprint density at radius 1 is 0.345 bits per heavy atom. The van der Waals surface area contributed by atoms with Gasteiger partial charge in [-0.3, -0.25) is 19.2 Å². The molecule has 7 aliphatic rings. The number of carbonyl (C=O) groups is 4. The van der Waals surface area contributed by atoms with E-state index in [1.165, 1.54) is 0 Å². The molecule has 0 unspecified atom stereocenters. The molecule has 4 aromatic carbocycles. The Kier molecular flexibility index (Phi) is 15.8. The van der Waals surface area contributed by atoms with Crippen LogP contribution in [0.4, 0.5) is 0 Å². The lowest BCUT2D eigenvalue weighted by molar-refractivity contribution is -0.173. The molecule has 0 aliphatic heterocycles. The number of ether oxygens (including phenoxy) is 4. The summed E-state index contributed by atoms with van der Waals surface area (Å²) < 4.78 is 22.2. The molecule has 0 aromatic heterocycles. The van der Waals surface area contributed by atoms with Crippen molar-refractivity contribution in [2.24, 2.45) is 10.8 Å². The lowest BCUT2D eigenvalue weighted by Crippen LogP contribution is -2.45. The van der Waals surface area contributed by atoms with Crippen LogP contribution in [0, 0.1) is 10.8 Å². The maximum atomic E-state index is 13.7. The van der Waals surface area contributed by atoms with Gasteiger partial charge in [-0.1, -0.05) is 121 Å². The molecule has 0 saturated carbocycles. The second-order valence-corrected chi connectivity index (χ2v) is 14.8. The maximum absolute atomic E-state index is 13.7. The molecule has 4 aromatic rings. The molecule has 7 aliphatic carbocycles. The van der Waals surface area contributed by atoms with Crippen molar-refractivity contribution in [3.05, 3.63) is 166 Å². The highest BCUT2D eigenvalue weighted by Crippen LogP contribution is 2.34. The zero-order valence-electron chi connectivity index (χ0n) is 34.3. The lowest BCUT2D eigenvalue weighted by Gasteiger charge is -2.29. The molecule has 0 atom stereocenters. The van der Waals surface area contributed by atoms with Crippen LogP contribution in [0.2, 0.25) is 0 Å². The molecular weight excluding hydrogens is 729 g/mol. The van der Waals surface area contributed by atoms with E-state index in [0.29, 0.717) is 25.7 Å². The van der Waals surface area contributed by atoms with Gasteiger partial charge in [0.05, 0.1) is 26.4 Å². The maximum Gasteiger partial charge on any atom is 0.324 e. The van der Waals surface area contributed by atoms with E-state index < -0.39 is 34.7 Å². The van der Waals surface area contributed by atoms with Gasteiger partial charge in [-0.15, -0.1) is 0 Å². The molecule has 8 bridgehead atoms. The second-order valence-electron chi connectivity index (χ2n) is 14.8. The van der Waals surface area contributed by atoms with E-state index in [1.54, 1.807) is 27.7 Å². The van der Waals surface area contributed by atoms with Crippen LogP contribution in [0.25, 0.3) is 0 Å². The first-order valence-electron chi connectivity index (χ1n) is 20.4. The molecule has 304 valence electrons. The molecule has 0 heterocycles. The monoisotopic (exact) mass is 784 g/mol. The topological polar surface area (TPSA) is 105 Å². The van der Waals surface area contributed by atoms with Crippen molar-refractivity contribution in [3.63, 3.8) is 0 Å². The van der Waals surface area contributed by atoms with Crippen LogP contribution < -0.4 is 0 Å². The quantitative estimate of drug-likeness (QED) is 0.0759. The summed E-state index contributed by atoms with van der Waals surface area (Å²) in [5.41, 5.74) is 4.59. The third-order valence-electron chi connectivity index (χ3n) is 10.5. The number of esters is 4. The summed E-state index contributed by atoms with van der Waals surface area (Å²) in [5.74, 6) is -2.35. The SMILES string of the molecule is CCOC(=O)C1(C(=O)OCC)Cc2ccc(cc2)C/C=C/Cc2ccc(cc2)CC(C(=O)OCC)(C(=O)OCC)Cc2ccc(cc2)C/C=C/Cc2ccc(cc2)C1. The molecule has 0 N–H and O–H groups in total. The third kappa shape index (κ3) is 11.2. The first kappa shape index (κ1) is 43.4. The van der Waals surface area contributed by atoms with Gasteiger partial charge in [-0.05, 0) is 124 Å². The van der Waals surface area contributed by atoms with E-state index in [0.717, 1.165) is 44.5 Å². The van der Waals surface area contributed by atoms with E-state index >= 15 is 0 Å². The number of hydrogen-bond donors (Lipinski definition) is 0. The van der Waals surface area contributed by atoms with Crippen LogP contribution in [-0.4, -0.2) is 50.3 Å². The summed E-state index contributed by atoms with van der Waals surface area (Å²) in [4.78, 5) is 54.9. The smallest absolute Gasteiger partial charge is 0.324 e. The fourth-order valence-corrected chi connectivity index (χ4v) is 7.39. The predicted molar refractivity (Wildman–Crippen MR) is 225 cm³/mol. The van der Waals surface area contributed by atoms with Gasteiger partial charge in [0.2, 0.25) is 0 Å². The summed E-state index contributed by atoms with van der Waals surface area (Å²) in [6.45, 7) is 7.56. The summed E-state index contributed by atoms with van der Waals surface area (Å²) in [6.07, 6.45) is 11.8. The minimum absolute atomic E-state index is 0.142. The van der Waals surface area contributed by atoms with Crippen LogP contribution in [0.1, 0.15) is 72.2 Å². The molecule has 8 heteroatoms. The van der Waals surface area contributed by atoms with Gasteiger partial charge < -0.3 is 18.9 Å². The molecule has 8 nitrogen and oxygen atoms in total. The standard InChI is InChI=1S/C50H56O8/c1-5-55-45(51)49(46(52)56-6-2)33-41-25-17-37(18-26-41)13-9-11-15-39-21-29-43(30-22-39)35-50(47(53)57-7-3,48(54)58-8-4)36-44-31-23-40(24-32-44)16-12-10-14-38-19-27-42(34-49)28-20-38/h9-12,17-32H,5-8,13-16,33-36H2,1-4H3/b11-9+,12-10+. The number of carbonyl (C=O) groups excluding carboxylic acids is 4. The van der Waals surface area contributed by atoms with Gasteiger partial charge in [0.25, 0.3) is 0 Å². The number of rotatable bonds is 8. The van der Waals surface area contributed by atoms with Gasteiger partial charge in [-0.25, -0.2) is 0 Å². The Bertz CT molecular complexity index is 1730. The number of hydrogen-bond acceptors (Lipinski definition) is 8. The first-order chi connectivity index (χ1) is 28.1. The fraction of sp³-hybridized carbons (Fsp3) is 0.360. The summed E-state index contributed by atoms with van der Waals surface area (Å²) in [6, 6.07) is 31.8. The summed E-state index contributed by atoms with van der Waals surface area (Å²) in [5, 5.41) is 0. The second kappa shape index (κ2) is 21.1. The van der Waals surface area contributed by atoms with E-state index in [9.17, 15) is 19.2 Å². The highest BCUT2D eigenvalue weighted by molar-refractivity contribution is 6.01. The normalized spacial score (nSPS) is 16.5. The van der Waals surface area contributed by atoms with Gasteiger partial charge >= 0.3 is 23.9 Å². The summed E-state index contributed by atoms with van der Waals surface area (Å²) >= 11 is 0. The lowest BCUT2D eigenvalue weighted by atomic mass is 9.76. The van der Waals surface area contributed by atoms with Crippen LogP contribution in [0.3, 0.4) is 0 Å². The zero-order chi connectivity index (χ0) is 41.4. The van der Waals surface area contributed by atoms with Crippen LogP contribution in [0.15, 0.2) is 121 Å². The van der Waals surface area contributed by atoms with Crippen molar-refractivity contribution < 1.29 is 38.1 Å². The third-order valence-corrected chi connectivity index (χ3v) is 10.5. The number of allylic oxidation sites excluding steroid dienone is 4.